The van der Waals surface area contributed by atoms with Crippen molar-refractivity contribution in [2.24, 2.45) is 17.8 Å². The fourth-order valence-electron chi connectivity index (χ4n) is 9.56. The first-order chi connectivity index (χ1) is 58.8. The number of carboxylic acids is 4. The highest BCUT2D eigenvalue weighted by molar-refractivity contribution is 8.13. The lowest BCUT2D eigenvalue weighted by molar-refractivity contribution is 0.0419. The zero-order chi connectivity index (χ0) is 95.9. The van der Waals surface area contributed by atoms with E-state index in [1.165, 1.54) is 134 Å². The highest BCUT2D eigenvalue weighted by Crippen LogP contribution is 2.27. The van der Waals surface area contributed by atoms with Crippen molar-refractivity contribution in [3.05, 3.63) is 176 Å². The molecule has 6 aromatic rings. The number of aliphatic hydroxyl groups excluding tert-OH is 1. The topological polar surface area (TPSA) is 456 Å². The number of carbonyl (C=O) groups is 13. The number of thioether (sulfide) groups is 1. The summed E-state index contributed by atoms with van der Waals surface area (Å²) in [6.07, 6.45) is 13.4. The standard InChI is InChI=1S/C24H38O4S.2C13H15NO5S.C10H10O5.C8H6O5.C8H6O4S.C8H18O.C3H6ClNS.CH4.H2/c1-5-9-11-18(7-3)16-27-23(25)20-13-21(15-22(29)14-20)24(26)28-17-19(8-4)12-10-6-2;1-14(2)13(17)20-10-6-8(11(15)18-3)5-9(7-10)12(16)19-4;1-14(2)13(20)19-10-6-8(11(15)17-3)5-9(7-10)12(16)18-4;1-14-9(12)6-3-7(10(13)15-2)5-8(11)4-6;9-6-2-4(7(10)11)1-5(3-6)8(12)13;9-7(10)4-1-5(8(11)12)3-6(13)2-4;1-3-5-6-8(4-2)7-9;1-5(2)3(4)6;;/h13-15,18-19,29H,5-12,16-17H2,1-4H3;2*5-7H,1-4H3;3-5,11H,1-2H3;1-3,9H,(H,10,11)(H,12,13);1-3,13H,(H,9,10)(H,11,12);8-9H,3-7H2,1-2H3;1-2H3;1H4;1H/i;;;;;;;;;1+1. The van der Waals surface area contributed by atoms with Crippen LogP contribution >= 0.6 is 73.1 Å². The summed E-state index contributed by atoms with van der Waals surface area (Å²) in [6.45, 7) is 14.0. The van der Waals surface area contributed by atoms with E-state index in [0.29, 0.717) is 67.8 Å². The van der Waals surface area contributed by atoms with Gasteiger partial charge in [-0.05, 0) is 182 Å². The number of aliphatic hydroxyl groups is 1. The van der Waals surface area contributed by atoms with Gasteiger partial charge in [-0.3, -0.25) is 4.79 Å². The van der Waals surface area contributed by atoms with Crippen molar-refractivity contribution in [2.45, 2.75) is 141 Å². The molecule has 3 unspecified atom stereocenters. The molecular weight excluding hydrogens is 1760 g/mol. The van der Waals surface area contributed by atoms with Gasteiger partial charge in [-0.1, -0.05) is 118 Å². The zero-order valence-electron chi connectivity index (χ0n) is 73.2. The van der Waals surface area contributed by atoms with Gasteiger partial charge in [0.05, 0.1) is 123 Å². The molecular formula is C88H120ClN3O29S5. The minimum absolute atomic E-state index is 0. The second-order valence-corrected chi connectivity index (χ2v) is 30.4. The number of unbranched alkanes of at least 4 members (excludes halogenated alkanes) is 3. The fraction of sp³-hybridized carbons (Fsp3) is 0.420. The molecule has 0 aliphatic rings. The van der Waals surface area contributed by atoms with Crippen LogP contribution in [0.4, 0.5) is 4.79 Å². The number of phenolic OH excluding ortho intramolecular Hbond substituents is 2. The Morgan fingerprint density at radius 2 is 0.635 bits per heavy atom. The predicted molar refractivity (Wildman–Crippen MR) is 493 cm³/mol. The van der Waals surface area contributed by atoms with E-state index in [-0.39, 0.29) is 92.2 Å². The van der Waals surface area contributed by atoms with Crippen LogP contribution in [0.5, 0.6) is 17.2 Å². The number of ether oxygens (including phenoxy) is 9. The van der Waals surface area contributed by atoms with Gasteiger partial charge in [0.15, 0.2) is 4.45 Å². The Bertz CT molecular complexity index is 4180. The number of amides is 1. The van der Waals surface area contributed by atoms with Gasteiger partial charge in [0.2, 0.25) is 0 Å². The third-order valence-electron chi connectivity index (χ3n) is 16.8. The van der Waals surface area contributed by atoms with Crippen LogP contribution in [0, 0.1) is 17.8 Å². The largest absolute Gasteiger partial charge is 0.508 e. The van der Waals surface area contributed by atoms with Crippen molar-refractivity contribution < 1.29 is 142 Å². The second-order valence-electron chi connectivity index (χ2n) is 27.0. The number of halogens is 1. The van der Waals surface area contributed by atoms with E-state index in [9.17, 15) is 67.4 Å². The number of phenols is 2. The molecule has 0 bridgehead atoms. The van der Waals surface area contributed by atoms with Gasteiger partial charge in [-0.25, -0.2) is 57.5 Å². The summed E-state index contributed by atoms with van der Waals surface area (Å²) < 4.78 is 44.2. The van der Waals surface area contributed by atoms with Gasteiger partial charge in [0, 0.05) is 65.0 Å². The Hall–Kier alpha value is -11.1. The number of carboxylic acid groups (broad SMARTS) is 4. The number of carbonyl (C=O) groups excluding carboxylic acids is 9. The SMILES string of the molecule is C.CCCCC(CC)CO.CCCCC(CC)COC(=O)c1cc(S)cc(C(=O)OCC(CC)CCCC)c1.CN(C)C(=S)Cl.COC(=O)c1cc(O)cc(C(=O)OC)c1.COC(=O)c1cc(OC(=S)N(C)C)cc(C(=O)OC)c1.COC(=O)c1cc(SC(=O)N(C)C)cc(C(=O)OC)c1.O=C(O)c1cc(O)cc(C(=O)O)c1.O=C(O)c1cc(S)cc(C(=O)O)c1.[2HH]. The number of hydrogen-bond acceptors (Lipinski definition) is 30. The number of rotatable bonds is 31. The summed E-state index contributed by atoms with van der Waals surface area (Å²) in [5.74, 6) is -8.35. The van der Waals surface area contributed by atoms with E-state index in [0.717, 1.165) is 93.8 Å². The number of aromatic carboxylic acids is 4. The van der Waals surface area contributed by atoms with Gasteiger partial charge in [0.25, 0.3) is 10.4 Å². The summed E-state index contributed by atoms with van der Waals surface area (Å²) in [7, 11) is 17.7. The molecule has 32 nitrogen and oxygen atoms in total. The highest BCUT2D eigenvalue weighted by Gasteiger charge is 2.22. The summed E-state index contributed by atoms with van der Waals surface area (Å²) >= 11 is 23.9. The summed E-state index contributed by atoms with van der Waals surface area (Å²) in [4.78, 5) is 153. The maximum absolute atomic E-state index is 12.5. The Morgan fingerprint density at radius 3 is 0.881 bits per heavy atom. The number of nitrogens with zero attached hydrogens (tertiary/aromatic N) is 3. The smallest absolute Gasteiger partial charge is 0.338 e. The van der Waals surface area contributed by atoms with E-state index >= 15 is 0 Å². The predicted octanol–water partition coefficient (Wildman–Crippen LogP) is 17.5. The third-order valence-corrected chi connectivity index (χ3v) is 19.4. The molecule has 698 valence electrons. The van der Waals surface area contributed by atoms with E-state index < -0.39 is 71.6 Å². The number of thiocarbonyl (C=S) groups is 2. The van der Waals surface area contributed by atoms with Crippen LogP contribution in [0.1, 0.15) is 252 Å². The van der Waals surface area contributed by atoms with Gasteiger partial charge < -0.3 is 93.1 Å². The molecule has 38 heteroatoms. The van der Waals surface area contributed by atoms with Gasteiger partial charge in [0.1, 0.15) is 17.2 Å². The highest BCUT2D eigenvalue weighted by atomic mass is 35.5. The third kappa shape index (κ3) is 48.4. The van der Waals surface area contributed by atoms with E-state index in [4.69, 9.17) is 68.7 Å². The molecule has 0 saturated heterocycles. The summed E-state index contributed by atoms with van der Waals surface area (Å²) in [5, 5.41) is 61.2. The van der Waals surface area contributed by atoms with Crippen molar-refractivity contribution >= 4 is 160 Å². The molecule has 0 fully saturated rings. The second kappa shape index (κ2) is 65.5. The van der Waals surface area contributed by atoms with E-state index in [1.54, 1.807) is 70.3 Å². The molecule has 3 atom stereocenters. The Labute approximate surface area is 768 Å². The lowest BCUT2D eigenvalue weighted by Gasteiger charge is -2.16. The maximum Gasteiger partial charge on any atom is 0.338 e. The molecule has 6 rings (SSSR count). The first-order valence-corrected chi connectivity index (χ1v) is 41.4. The number of methoxy groups -OCH3 is 6. The van der Waals surface area contributed by atoms with E-state index in [2.05, 4.69) is 107 Å². The van der Waals surface area contributed by atoms with Crippen LogP contribution in [0.25, 0.3) is 0 Å². The molecule has 0 saturated carbocycles. The first kappa shape index (κ1) is 119. The van der Waals surface area contributed by atoms with Gasteiger partial charge in [-0.2, -0.15) is 0 Å². The average molecular weight is 1880 g/mol. The lowest BCUT2D eigenvalue weighted by atomic mass is 10.0. The zero-order valence-corrected chi connectivity index (χ0v) is 78.2. The van der Waals surface area contributed by atoms with Crippen LogP contribution in [0.2, 0.25) is 0 Å². The van der Waals surface area contributed by atoms with Crippen molar-refractivity contribution in [1.82, 2.24) is 14.7 Å². The van der Waals surface area contributed by atoms with E-state index in [1.807, 2.05) is 0 Å². The summed E-state index contributed by atoms with van der Waals surface area (Å²) in [6, 6.07) is 23.7. The summed E-state index contributed by atoms with van der Waals surface area (Å²) in [5.41, 5.74) is 0.925. The number of aromatic hydroxyl groups is 2. The number of esters is 8. The molecule has 7 N–H and O–H groups in total. The minimum atomic E-state index is -1.28. The van der Waals surface area contributed by atoms with Crippen molar-refractivity contribution in [1.29, 1.82) is 0 Å². The number of thiol groups is 2. The Kier molecular flexibility index (Phi) is 61.9. The monoisotopic (exact) mass is 1880 g/mol. The molecule has 0 aliphatic heterocycles. The Morgan fingerprint density at radius 1 is 0.389 bits per heavy atom. The number of hydrogen-bond donors (Lipinski definition) is 9. The molecule has 0 aromatic heterocycles. The molecule has 126 heavy (non-hydrogen) atoms. The molecule has 6 aromatic carbocycles. The number of benzene rings is 6. The molecule has 0 radical (unpaired) electrons. The van der Waals surface area contributed by atoms with Crippen LogP contribution in [-0.2, 0) is 37.9 Å². The van der Waals surface area contributed by atoms with Crippen LogP contribution in [-0.4, -0.2) is 242 Å². The first-order valence-electron chi connectivity index (χ1n) is 38.5. The molecule has 0 heterocycles. The van der Waals surface area contributed by atoms with Crippen molar-refractivity contribution in [2.75, 3.05) is 105 Å². The van der Waals surface area contributed by atoms with Crippen LogP contribution in [0.15, 0.2) is 124 Å². The Balaban J connectivity index is -0.000000702. The maximum atomic E-state index is 12.5. The van der Waals surface area contributed by atoms with Crippen LogP contribution in [0.3, 0.4) is 0 Å². The normalized spacial score (nSPS) is 10.5. The fourth-order valence-corrected chi connectivity index (χ4v) is 11.0. The molecule has 0 aliphatic carbocycles. The van der Waals surface area contributed by atoms with Crippen LogP contribution < -0.4 is 4.74 Å². The minimum Gasteiger partial charge on any atom is -0.508 e. The molecule has 0 spiro atoms. The average Bonchev–Trinajstić information content (AvgIpc) is 0.855. The van der Waals surface area contributed by atoms with Crippen molar-refractivity contribution in [3.63, 3.8) is 0 Å². The van der Waals surface area contributed by atoms with Crippen molar-refractivity contribution in [3.8, 4) is 17.2 Å². The quantitative estimate of drug-likeness (QED) is 0.00371. The van der Waals surface area contributed by atoms with Gasteiger partial charge in [-0.15, -0.1) is 25.3 Å². The van der Waals surface area contributed by atoms with Gasteiger partial charge >= 0.3 is 71.6 Å². The molecule has 1 amide bonds. The lowest BCUT2D eigenvalue weighted by Crippen LogP contribution is -2.25.